The van der Waals surface area contributed by atoms with E-state index in [0.717, 1.165) is 44.2 Å². The van der Waals surface area contributed by atoms with E-state index in [1.165, 1.54) is 0 Å². The molecule has 1 aliphatic carbocycles. The number of carbonyl (C=O) groups is 2. The fourth-order valence-electron chi connectivity index (χ4n) is 3.74. The third-order valence-electron chi connectivity index (χ3n) is 4.62. The van der Waals surface area contributed by atoms with E-state index in [2.05, 4.69) is 11.0 Å². The maximum Gasteiger partial charge on any atom is 0.410 e. The van der Waals surface area contributed by atoms with Gasteiger partial charge in [0, 0.05) is 31.2 Å². The molecule has 3 atom stereocenters. The minimum Gasteiger partial charge on any atom is -0.444 e. The van der Waals surface area contributed by atoms with E-state index < -0.39 is 5.60 Å². The van der Waals surface area contributed by atoms with Gasteiger partial charge in [-0.3, -0.25) is 9.69 Å². The first-order valence-corrected chi connectivity index (χ1v) is 7.78. The van der Waals surface area contributed by atoms with E-state index in [1.54, 1.807) is 0 Å². The highest BCUT2D eigenvalue weighted by atomic mass is 16.6. The van der Waals surface area contributed by atoms with Gasteiger partial charge in [0.1, 0.15) is 11.9 Å². The SMILES string of the molecule is CC(C)(C)OC(=O)N1C[C@@H]2C[C@H]1CN2C1C=C(C=O)CC1. The Morgan fingerprint density at radius 2 is 2.10 bits per heavy atom. The number of likely N-dealkylation sites (tertiary alicyclic amines) is 2. The Hall–Kier alpha value is -1.36. The van der Waals surface area contributed by atoms with Crippen LogP contribution in [0.2, 0.25) is 0 Å². The Morgan fingerprint density at radius 3 is 2.62 bits per heavy atom. The maximum atomic E-state index is 12.2. The second-order valence-corrected chi connectivity index (χ2v) is 7.34. The van der Waals surface area contributed by atoms with Crippen LogP contribution in [-0.4, -0.2) is 59.0 Å². The third-order valence-corrected chi connectivity index (χ3v) is 4.62. The van der Waals surface area contributed by atoms with Crippen molar-refractivity contribution < 1.29 is 14.3 Å². The van der Waals surface area contributed by atoms with Crippen LogP contribution in [-0.2, 0) is 9.53 Å². The van der Waals surface area contributed by atoms with Crippen molar-refractivity contribution in [2.45, 2.75) is 63.8 Å². The summed E-state index contributed by atoms with van der Waals surface area (Å²) in [5, 5.41) is 0. The molecule has 2 saturated heterocycles. The van der Waals surface area contributed by atoms with Crippen molar-refractivity contribution in [3.63, 3.8) is 0 Å². The second-order valence-electron chi connectivity index (χ2n) is 7.34. The normalized spacial score (nSPS) is 32.4. The zero-order valence-electron chi connectivity index (χ0n) is 13.0. The van der Waals surface area contributed by atoms with Crippen LogP contribution in [0, 0.1) is 0 Å². The lowest BCUT2D eigenvalue weighted by Gasteiger charge is -2.37. The molecule has 5 nitrogen and oxygen atoms in total. The molecule has 2 heterocycles. The Kier molecular flexibility index (Phi) is 3.56. The van der Waals surface area contributed by atoms with Gasteiger partial charge < -0.3 is 9.64 Å². The van der Waals surface area contributed by atoms with Crippen molar-refractivity contribution in [2.24, 2.45) is 0 Å². The fraction of sp³-hybridized carbons (Fsp3) is 0.750. The zero-order chi connectivity index (χ0) is 15.2. The molecule has 0 aromatic carbocycles. The molecule has 0 N–H and O–H groups in total. The molecule has 21 heavy (non-hydrogen) atoms. The number of fused-ring (bicyclic) bond motifs is 2. The van der Waals surface area contributed by atoms with Gasteiger partial charge in [0.15, 0.2) is 0 Å². The van der Waals surface area contributed by atoms with E-state index in [1.807, 2.05) is 25.7 Å². The fourth-order valence-corrected chi connectivity index (χ4v) is 3.74. The first kappa shape index (κ1) is 14.6. The number of aldehydes is 1. The number of amides is 1. The van der Waals surface area contributed by atoms with Crippen molar-refractivity contribution in [3.05, 3.63) is 11.6 Å². The zero-order valence-corrected chi connectivity index (χ0v) is 13.0. The standard InChI is InChI=1S/C16H24N2O3/c1-16(2,3)21-15(20)18-9-13-7-14(18)8-17(13)12-5-4-11(6-12)10-19/h6,10,12-14H,4-5,7-9H2,1-3H3/t12?,13-,14-/m0/s1. The summed E-state index contributed by atoms with van der Waals surface area (Å²) in [6.07, 6.45) is 5.83. The molecule has 116 valence electrons. The Balaban J connectivity index is 1.61. The summed E-state index contributed by atoms with van der Waals surface area (Å²) in [6.45, 7) is 7.35. The minimum absolute atomic E-state index is 0.190. The summed E-state index contributed by atoms with van der Waals surface area (Å²) in [5.74, 6) is 0. The summed E-state index contributed by atoms with van der Waals surface area (Å²) < 4.78 is 5.48. The largest absolute Gasteiger partial charge is 0.444 e. The van der Waals surface area contributed by atoms with E-state index in [4.69, 9.17) is 4.74 Å². The predicted molar refractivity (Wildman–Crippen MR) is 79.0 cm³/mol. The molecule has 1 amide bonds. The molecule has 0 saturated carbocycles. The van der Waals surface area contributed by atoms with Gasteiger partial charge in [-0.05, 0) is 45.6 Å². The van der Waals surface area contributed by atoms with Crippen LogP contribution in [0.15, 0.2) is 11.6 Å². The number of nitrogens with zero attached hydrogens (tertiary/aromatic N) is 2. The lowest BCUT2D eigenvalue weighted by Crippen LogP contribution is -2.52. The van der Waals surface area contributed by atoms with E-state index in [9.17, 15) is 9.59 Å². The molecule has 0 aromatic heterocycles. The smallest absolute Gasteiger partial charge is 0.410 e. The van der Waals surface area contributed by atoms with Crippen LogP contribution < -0.4 is 0 Å². The highest BCUT2D eigenvalue weighted by molar-refractivity contribution is 5.74. The molecular formula is C16H24N2O3. The molecule has 0 radical (unpaired) electrons. The Morgan fingerprint density at radius 1 is 1.33 bits per heavy atom. The number of piperazine rings is 1. The number of rotatable bonds is 2. The molecule has 3 aliphatic rings. The number of ether oxygens (including phenoxy) is 1. The predicted octanol–water partition coefficient (Wildman–Crippen LogP) is 1.97. The summed E-state index contributed by atoms with van der Waals surface area (Å²) in [5.41, 5.74) is 0.484. The number of hydrogen-bond acceptors (Lipinski definition) is 4. The molecule has 0 spiro atoms. The average Bonchev–Trinajstić information content (AvgIpc) is 3.10. The van der Waals surface area contributed by atoms with Gasteiger partial charge in [0.2, 0.25) is 0 Å². The monoisotopic (exact) mass is 292 g/mol. The molecule has 1 unspecified atom stereocenters. The van der Waals surface area contributed by atoms with Crippen LogP contribution in [0.1, 0.15) is 40.0 Å². The van der Waals surface area contributed by atoms with Crippen LogP contribution >= 0.6 is 0 Å². The second kappa shape index (κ2) is 5.13. The summed E-state index contributed by atoms with van der Waals surface area (Å²) >= 11 is 0. The van der Waals surface area contributed by atoms with Crippen LogP contribution in [0.4, 0.5) is 4.79 Å². The number of allylic oxidation sites excluding steroid dienone is 1. The number of carbonyl (C=O) groups excluding carboxylic acids is 2. The minimum atomic E-state index is -0.439. The van der Waals surface area contributed by atoms with Gasteiger partial charge in [-0.1, -0.05) is 6.08 Å². The molecule has 5 heteroatoms. The van der Waals surface area contributed by atoms with Gasteiger partial charge in [-0.2, -0.15) is 0 Å². The molecule has 3 rings (SSSR count). The van der Waals surface area contributed by atoms with Crippen LogP contribution in [0.3, 0.4) is 0 Å². The topological polar surface area (TPSA) is 49.9 Å². The Bertz CT molecular complexity index is 480. The van der Waals surface area contributed by atoms with E-state index in [-0.39, 0.29) is 12.1 Å². The van der Waals surface area contributed by atoms with Gasteiger partial charge in [-0.25, -0.2) is 4.79 Å². The molecule has 2 bridgehead atoms. The first-order valence-electron chi connectivity index (χ1n) is 7.78. The molecule has 2 fully saturated rings. The third kappa shape index (κ3) is 2.84. The van der Waals surface area contributed by atoms with Gasteiger partial charge in [-0.15, -0.1) is 0 Å². The van der Waals surface area contributed by atoms with Crippen molar-refractivity contribution in [1.29, 1.82) is 0 Å². The lowest BCUT2D eigenvalue weighted by molar-refractivity contribution is -0.105. The molecular weight excluding hydrogens is 268 g/mol. The van der Waals surface area contributed by atoms with E-state index >= 15 is 0 Å². The molecule has 0 aromatic rings. The van der Waals surface area contributed by atoms with Crippen molar-refractivity contribution >= 4 is 12.4 Å². The van der Waals surface area contributed by atoms with Crippen LogP contribution in [0.25, 0.3) is 0 Å². The average molecular weight is 292 g/mol. The quantitative estimate of drug-likeness (QED) is 0.730. The van der Waals surface area contributed by atoms with Gasteiger partial charge >= 0.3 is 6.09 Å². The van der Waals surface area contributed by atoms with Gasteiger partial charge in [0.25, 0.3) is 0 Å². The molecule has 2 aliphatic heterocycles. The van der Waals surface area contributed by atoms with Gasteiger partial charge in [0.05, 0.1) is 0 Å². The maximum absolute atomic E-state index is 12.2. The Labute approximate surface area is 125 Å². The number of hydrogen-bond donors (Lipinski definition) is 0. The highest BCUT2D eigenvalue weighted by Gasteiger charge is 2.48. The van der Waals surface area contributed by atoms with Crippen LogP contribution in [0.5, 0.6) is 0 Å². The summed E-state index contributed by atoms with van der Waals surface area (Å²) in [7, 11) is 0. The summed E-state index contributed by atoms with van der Waals surface area (Å²) in [4.78, 5) is 27.4. The highest BCUT2D eigenvalue weighted by Crippen LogP contribution is 2.36. The van der Waals surface area contributed by atoms with Crippen molar-refractivity contribution in [2.75, 3.05) is 13.1 Å². The lowest BCUT2D eigenvalue weighted by atomic mass is 10.2. The van der Waals surface area contributed by atoms with Crippen molar-refractivity contribution in [1.82, 2.24) is 9.80 Å². The summed E-state index contributed by atoms with van der Waals surface area (Å²) in [6, 6.07) is 1.05. The van der Waals surface area contributed by atoms with E-state index in [0.29, 0.717) is 12.1 Å². The first-order chi connectivity index (χ1) is 9.87. The van der Waals surface area contributed by atoms with Crippen molar-refractivity contribution in [3.8, 4) is 0 Å².